The molecule has 1 saturated heterocycles. The summed E-state index contributed by atoms with van der Waals surface area (Å²) < 4.78 is 5.37. The van der Waals surface area contributed by atoms with E-state index in [9.17, 15) is 34.8 Å². The molecule has 11 nitrogen and oxygen atoms in total. The first-order chi connectivity index (χ1) is 17.9. The van der Waals surface area contributed by atoms with Crippen molar-refractivity contribution in [2.75, 3.05) is 27.3 Å². The molecule has 5 atom stereocenters. The van der Waals surface area contributed by atoms with Crippen molar-refractivity contribution >= 4 is 34.8 Å². The van der Waals surface area contributed by atoms with Crippen molar-refractivity contribution in [3.05, 3.63) is 44.7 Å². The summed E-state index contributed by atoms with van der Waals surface area (Å²) in [5, 5.41) is 48.3. The number of nitrogens with zero attached hydrogens (tertiary/aromatic N) is 1. The van der Waals surface area contributed by atoms with Crippen LogP contribution in [0.2, 0.25) is 5.02 Å². The summed E-state index contributed by atoms with van der Waals surface area (Å²) in [4.78, 5) is 40.5. The second-order valence-electron chi connectivity index (χ2n) is 10.6. The third-order valence-electron chi connectivity index (χ3n) is 8.24. The molecule has 0 aromatic heterocycles. The SMILES string of the molecule is CN(C)[C@@H]1C(=O)C(C(N)=O)=C(O)[C@@]2(O)C(=O)C3=C(O)c4c(O)cc(CN[C@@H]5CCOC5)c(Cl)c4C[C@H]3C[C@@H]12. The molecule has 204 valence electrons. The average Bonchev–Trinajstić information content (AvgIpc) is 3.36. The molecule has 0 bridgehead atoms. The summed E-state index contributed by atoms with van der Waals surface area (Å²) in [5.41, 5.74) is 2.63. The van der Waals surface area contributed by atoms with Gasteiger partial charge in [-0.1, -0.05) is 11.6 Å². The molecule has 1 aromatic rings. The summed E-state index contributed by atoms with van der Waals surface area (Å²) >= 11 is 6.75. The molecule has 2 fully saturated rings. The van der Waals surface area contributed by atoms with Gasteiger partial charge in [0.1, 0.15) is 22.8 Å². The Bertz CT molecular complexity index is 1320. The molecule has 12 heteroatoms. The number of phenols is 1. The van der Waals surface area contributed by atoms with Crippen LogP contribution in [0.1, 0.15) is 29.5 Å². The minimum atomic E-state index is -2.67. The summed E-state index contributed by atoms with van der Waals surface area (Å²) in [6.07, 6.45) is 0.993. The predicted octanol–water partition coefficient (Wildman–Crippen LogP) is 0.496. The number of nitrogens with two attached hydrogens (primary N) is 1. The molecule has 1 saturated carbocycles. The van der Waals surface area contributed by atoms with Gasteiger partial charge in [0.15, 0.2) is 11.4 Å². The first-order valence-electron chi connectivity index (χ1n) is 12.4. The van der Waals surface area contributed by atoms with Crippen molar-refractivity contribution in [1.82, 2.24) is 10.2 Å². The molecule has 1 aliphatic heterocycles. The first-order valence-corrected chi connectivity index (χ1v) is 12.8. The Morgan fingerprint density at radius 3 is 2.61 bits per heavy atom. The lowest BCUT2D eigenvalue weighted by Gasteiger charge is -2.50. The number of carbonyl (C=O) groups is 3. The Kier molecular flexibility index (Phi) is 6.56. The Morgan fingerprint density at radius 1 is 1.29 bits per heavy atom. The largest absolute Gasteiger partial charge is 0.508 e. The highest BCUT2D eigenvalue weighted by Crippen LogP contribution is 2.53. The van der Waals surface area contributed by atoms with E-state index < -0.39 is 58.0 Å². The van der Waals surface area contributed by atoms with Crippen LogP contribution in [-0.4, -0.2) is 87.8 Å². The molecule has 7 N–H and O–H groups in total. The molecule has 5 rings (SSSR count). The number of likely N-dealkylation sites (N-methyl/N-ethyl adjacent to an activating group) is 1. The number of aliphatic hydroxyl groups excluding tert-OH is 2. The number of halogens is 1. The molecule has 38 heavy (non-hydrogen) atoms. The highest BCUT2D eigenvalue weighted by atomic mass is 35.5. The van der Waals surface area contributed by atoms with Crippen molar-refractivity contribution in [2.24, 2.45) is 17.6 Å². The van der Waals surface area contributed by atoms with Crippen LogP contribution in [0.3, 0.4) is 0 Å². The van der Waals surface area contributed by atoms with Crippen LogP contribution in [0.15, 0.2) is 23.0 Å². The quantitative estimate of drug-likeness (QED) is 0.284. The summed E-state index contributed by atoms with van der Waals surface area (Å²) in [7, 11) is 3.11. The molecule has 0 radical (unpaired) electrons. The molecule has 0 unspecified atom stereocenters. The van der Waals surface area contributed by atoms with E-state index in [0.29, 0.717) is 35.9 Å². The number of carbonyl (C=O) groups excluding carboxylic acids is 3. The van der Waals surface area contributed by atoms with Crippen molar-refractivity contribution < 1.29 is 39.5 Å². The molecule has 1 heterocycles. The third kappa shape index (κ3) is 3.76. The molecule has 0 spiro atoms. The Labute approximate surface area is 223 Å². The third-order valence-corrected chi connectivity index (χ3v) is 8.71. The van der Waals surface area contributed by atoms with Gasteiger partial charge in [-0.15, -0.1) is 0 Å². The lowest BCUT2D eigenvalue weighted by molar-refractivity contribution is -0.153. The standard InChI is InChI=1S/C26H30ClN3O8/c1-30(2)20-14-6-10-5-13-17(15(31)7-11(19(13)27)8-29-12-3-4-38-9-12)21(32)16(10)23(34)26(14,37)24(35)18(22(20)33)25(28)36/h7,10,12,14,20,29,31-32,35,37H,3-6,8-9H2,1-2H3,(H2,28,36)/t10-,12+,14-,20-,26-/m0/s1. The van der Waals surface area contributed by atoms with Crippen LogP contribution in [0, 0.1) is 11.8 Å². The fourth-order valence-corrected chi connectivity index (χ4v) is 6.72. The highest BCUT2D eigenvalue weighted by Gasteiger charge is 2.64. The van der Waals surface area contributed by atoms with E-state index >= 15 is 0 Å². The molecule has 4 aliphatic rings. The number of aromatic hydroxyl groups is 1. The normalized spacial score (nSPS) is 31.0. The first kappa shape index (κ1) is 26.6. The van der Waals surface area contributed by atoms with Gasteiger partial charge in [0.05, 0.1) is 18.2 Å². The van der Waals surface area contributed by atoms with E-state index in [1.165, 1.54) is 11.0 Å². The van der Waals surface area contributed by atoms with Crippen LogP contribution in [0.25, 0.3) is 5.76 Å². The number of hydrogen-bond acceptors (Lipinski definition) is 10. The zero-order chi connectivity index (χ0) is 27.7. The van der Waals surface area contributed by atoms with Crippen LogP contribution in [0.4, 0.5) is 0 Å². The second kappa shape index (κ2) is 9.35. The number of hydrogen-bond donors (Lipinski definition) is 6. The van der Waals surface area contributed by atoms with Gasteiger partial charge in [-0.25, -0.2) is 0 Å². The van der Waals surface area contributed by atoms with E-state index in [1.807, 2.05) is 0 Å². The Morgan fingerprint density at radius 2 is 2.00 bits per heavy atom. The lowest BCUT2D eigenvalue weighted by Crippen LogP contribution is -2.65. The monoisotopic (exact) mass is 547 g/mol. The summed E-state index contributed by atoms with van der Waals surface area (Å²) in [6, 6.07) is 0.423. The van der Waals surface area contributed by atoms with Gasteiger partial charge in [-0.05, 0) is 56.5 Å². The number of nitrogens with one attached hydrogen (secondary N) is 1. The van der Waals surface area contributed by atoms with Gasteiger partial charge < -0.3 is 36.2 Å². The van der Waals surface area contributed by atoms with Gasteiger partial charge in [0.25, 0.3) is 5.91 Å². The number of benzene rings is 1. The smallest absolute Gasteiger partial charge is 0.255 e. The van der Waals surface area contributed by atoms with E-state index in [-0.39, 0.29) is 35.8 Å². The number of primary amides is 1. The number of aliphatic hydroxyl groups is 3. The van der Waals surface area contributed by atoms with Gasteiger partial charge in [0, 0.05) is 35.7 Å². The Balaban J connectivity index is 1.61. The molecule has 1 aromatic carbocycles. The number of amides is 1. The van der Waals surface area contributed by atoms with Crippen LogP contribution >= 0.6 is 11.6 Å². The fraction of sp³-hybridized carbons (Fsp3) is 0.500. The van der Waals surface area contributed by atoms with Crippen molar-refractivity contribution in [2.45, 2.75) is 43.5 Å². The second-order valence-corrected chi connectivity index (χ2v) is 11.0. The van der Waals surface area contributed by atoms with E-state index in [2.05, 4.69) is 5.32 Å². The maximum Gasteiger partial charge on any atom is 0.255 e. The lowest BCUT2D eigenvalue weighted by atomic mass is 9.57. The van der Waals surface area contributed by atoms with Gasteiger partial charge in [0.2, 0.25) is 5.78 Å². The predicted molar refractivity (Wildman–Crippen MR) is 135 cm³/mol. The molecule has 1 amide bonds. The number of fused-ring (bicyclic) bond motifs is 3. The number of ketones is 2. The Hall–Kier alpha value is -2.96. The maximum absolute atomic E-state index is 13.8. The molecular formula is C26H30ClN3O8. The maximum atomic E-state index is 13.8. The summed E-state index contributed by atoms with van der Waals surface area (Å²) in [5.74, 6) is -6.92. The topological polar surface area (TPSA) is 183 Å². The van der Waals surface area contributed by atoms with Crippen LogP contribution < -0.4 is 11.1 Å². The van der Waals surface area contributed by atoms with Gasteiger partial charge >= 0.3 is 0 Å². The number of phenolic OH excluding ortho intramolecular Hbond substituents is 1. The van der Waals surface area contributed by atoms with Gasteiger partial charge in [-0.2, -0.15) is 0 Å². The minimum Gasteiger partial charge on any atom is -0.508 e. The van der Waals surface area contributed by atoms with Crippen molar-refractivity contribution in [3.63, 3.8) is 0 Å². The van der Waals surface area contributed by atoms with Crippen LogP contribution in [0.5, 0.6) is 5.75 Å². The molecule has 3 aliphatic carbocycles. The van der Waals surface area contributed by atoms with Crippen LogP contribution in [-0.2, 0) is 32.1 Å². The number of rotatable bonds is 5. The number of Topliss-reactive ketones (excluding diaryl/α,β-unsaturated/α-hetero) is 2. The van der Waals surface area contributed by atoms with E-state index in [0.717, 1.165) is 6.42 Å². The average molecular weight is 548 g/mol. The molecular weight excluding hydrogens is 518 g/mol. The van der Waals surface area contributed by atoms with Crippen molar-refractivity contribution in [1.29, 1.82) is 0 Å². The zero-order valence-corrected chi connectivity index (χ0v) is 21.7. The van der Waals surface area contributed by atoms with E-state index in [1.54, 1.807) is 14.1 Å². The zero-order valence-electron chi connectivity index (χ0n) is 21.0. The van der Waals surface area contributed by atoms with E-state index in [4.69, 9.17) is 22.1 Å². The highest BCUT2D eigenvalue weighted by molar-refractivity contribution is 6.32. The minimum absolute atomic E-state index is 0.00471. The van der Waals surface area contributed by atoms with Gasteiger partial charge in [-0.3, -0.25) is 19.3 Å². The number of ether oxygens (including phenoxy) is 1. The fourth-order valence-electron chi connectivity index (χ4n) is 6.43. The summed E-state index contributed by atoms with van der Waals surface area (Å²) in [6.45, 7) is 1.58. The van der Waals surface area contributed by atoms with Crippen molar-refractivity contribution in [3.8, 4) is 5.75 Å².